The number of fused-ring (bicyclic) bond motifs is 1. The predicted molar refractivity (Wildman–Crippen MR) is 110 cm³/mol. The first-order valence-electron chi connectivity index (χ1n) is 10.0. The monoisotopic (exact) mass is 414 g/mol. The molecule has 158 valence electrons. The number of nitrogens with zero attached hydrogens (tertiary/aromatic N) is 3. The average Bonchev–Trinajstić information content (AvgIpc) is 3.13. The van der Waals surface area contributed by atoms with Gasteiger partial charge in [-0.1, -0.05) is 12.1 Å². The lowest BCUT2D eigenvalue weighted by Crippen LogP contribution is -2.42. The third-order valence-corrected chi connectivity index (χ3v) is 5.34. The number of rotatable bonds is 5. The van der Waals surface area contributed by atoms with Crippen molar-refractivity contribution in [2.45, 2.75) is 32.6 Å². The summed E-state index contributed by atoms with van der Waals surface area (Å²) < 4.78 is 31.9. The minimum atomic E-state index is -2.71. The molecular weight excluding hydrogens is 390 g/mol. The highest BCUT2D eigenvalue weighted by molar-refractivity contribution is 5.95. The maximum atomic E-state index is 13.2. The zero-order valence-corrected chi connectivity index (χ0v) is 17.0. The van der Waals surface area contributed by atoms with Crippen LogP contribution < -0.4 is 5.32 Å². The maximum Gasteiger partial charge on any atom is 0.257 e. The first-order valence-corrected chi connectivity index (χ1v) is 10.0. The molecule has 4 rings (SSSR count). The molecule has 0 bridgehead atoms. The van der Waals surface area contributed by atoms with Crippen LogP contribution in [0.15, 0.2) is 41.1 Å². The molecule has 1 aromatic carbocycles. The molecule has 1 aliphatic rings. The SMILES string of the molecule is Cc1ncc(-c2ccc3cnc(NC(=O)C4CCN(CC(C)(F)F)CC4)cc3c2)o1. The molecule has 1 saturated heterocycles. The van der Waals surface area contributed by atoms with E-state index in [1.807, 2.05) is 24.3 Å². The highest BCUT2D eigenvalue weighted by atomic mass is 19.3. The molecule has 30 heavy (non-hydrogen) atoms. The second kappa shape index (κ2) is 8.10. The summed E-state index contributed by atoms with van der Waals surface area (Å²) in [6.07, 6.45) is 4.52. The van der Waals surface area contributed by atoms with Crippen molar-refractivity contribution < 1.29 is 18.0 Å². The van der Waals surface area contributed by atoms with Crippen LogP contribution in [-0.2, 0) is 4.79 Å². The van der Waals surface area contributed by atoms with Crippen LogP contribution in [0.4, 0.5) is 14.6 Å². The van der Waals surface area contributed by atoms with Gasteiger partial charge in [-0.25, -0.2) is 18.7 Å². The Labute approximate surface area is 173 Å². The Bertz CT molecular complexity index is 1050. The van der Waals surface area contributed by atoms with Gasteiger partial charge in [0.25, 0.3) is 5.92 Å². The first-order chi connectivity index (χ1) is 14.3. The number of oxazole rings is 1. The largest absolute Gasteiger partial charge is 0.441 e. The van der Waals surface area contributed by atoms with E-state index >= 15 is 0 Å². The molecule has 2 aromatic heterocycles. The molecule has 0 radical (unpaired) electrons. The van der Waals surface area contributed by atoms with E-state index in [0.29, 0.717) is 43.4 Å². The highest BCUT2D eigenvalue weighted by Gasteiger charge is 2.30. The van der Waals surface area contributed by atoms with Gasteiger partial charge in [0.1, 0.15) is 5.82 Å². The number of halogens is 2. The van der Waals surface area contributed by atoms with E-state index < -0.39 is 5.92 Å². The van der Waals surface area contributed by atoms with Gasteiger partial charge in [0.15, 0.2) is 11.7 Å². The molecule has 1 aliphatic heterocycles. The van der Waals surface area contributed by atoms with E-state index in [4.69, 9.17) is 4.42 Å². The lowest BCUT2D eigenvalue weighted by atomic mass is 9.95. The number of piperidine rings is 1. The van der Waals surface area contributed by atoms with Crippen LogP contribution in [0.25, 0.3) is 22.1 Å². The van der Waals surface area contributed by atoms with Crippen LogP contribution in [0.1, 0.15) is 25.7 Å². The van der Waals surface area contributed by atoms with E-state index in [9.17, 15) is 13.6 Å². The number of carbonyl (C=O) groups excluding carboxylic acids is 1. The van der Waals surface area contributed by atoms with Gasteiger partial charge in [-0.05, 0) is 43.5 Å². The number of benzene rings is 1. The van der Waals surface area contributed by atoms with Gasteiger partial charge in [-0.3, -0.25) is 9.69 Å². The zero-order valence-electron chi connectivity index (χ0n) is 17.0. The molecule has 0 spiro atoms. The summed E-state index contributed by atoms with van der Waals surface area (Å²) in [5, 5.41) is 4.75. The summed E-state index contributed by atoms with van der Waals surface area (Å²) in [5.41, 5.74) is 0.895. The summed E-state index contributed by atoms with van der Waals surface area (Å²) in [7, 11) is 0. The topological polar surface area (TPSA) is 71.3 Å². The molecular formula is C22H24F2N4O2. The molecule has 3 heterocycles. The fourth-order valence-corrected chi connectivity index (χ4v) is 3.83. The molecule has 1 fully saturated rings. The third-order valence-electron chi connectivity index (χ3n) is 5.34. The fraction of sp³-hybridized carbons (Fsp3) is 0.409. The normalized spacial score (nSPS) is 16.1. The van der Waals surface area contributed by atoms with E-state index in [1.54, 1.807) is 24.2 Å². The van der Waals surface area contributed by atoms with Gasteiger partial charge in [-0.15, -0.1) is 0 Å². The highest BCUT2D eigenvalue weighted by Crippen LogP contribution is 2.27. The summed E-state index contributed by atoms with van der Waals surface area (Å²) in [4.78, 5) is 22.8. The second-order valence-electron chi connectivity index (χ2n) is 7.98. The van der Waals surface area contributed by atoms with E-state index in [1.165, 1.54) is 0 Å². The van der Waals surface area contributed by atoms with Crippen molar-refractivity contribution in [2.75, 3.05) is 25.0 Å². The van der Waals surface area contributed by atoms with Gasteiger partial charge >= 0.3 is 0 Å². The van der Waals surface area contributed by atoms with Crippen LogP contribution in [0.2, 0.25) is 0 Å². The minimum absolute atomic E-state index is 0.119. The molecule has 0 aliphatic carbocycles. The van der Waals surface area contributed by atoms with Crippen molar-refractivity contribution in [1.29, 1.82) is 0 Å². The number of hydrogen-bond acceptors (Lipinski definition) is 5. The smallest absolute Gasteiger partial charge is 0.257 e. The lowest BCUT2D eigenvalue weighted by Gasteiger charge is -2.32. The maximum absolute atomic E-state index is 13.2. The summed E-state index contributed by atoms with van der Waals surface area (Å²) >= 11 is 0. The molecule has 6 nitrogen and oxygen atoms in total. The van der Waals surface area contributed by atoms with Crippen molar-refractivity contribution in [1.82, 2.24) is 14.9 Å². The van der Waals surface area contributed by atoms with Crippen LogP contribution in [-0.4, -0.2) is 46.3 Å². The van der Waals surface area contributed by atoms with Gasteiger partial charge in [-0.2, -0.15) is 0 Å². The van der Waals surface area contributed by atoms with Gasteiger partial charge < -0.3 is 9.73 Å². The molecule has 0 saturated carbocycles. The van der Waals surface area contributed by atoms with Gasteiger partial charge in [0.2, 0.25) is 5.91 Å². The third kappa shape index (κ3) is 4.81. The van der Waals surface area contributed by atoms with Crippen LogP contribution in [0.3, 0.4) is 0 Å². The number of amides is 1. The number of hydrogen-bond donors (Lipinski definition) is 1. The average molecular weight is 414 g/mol. The van der Waals surface area contributed by atoms with E-state index in [2.05, 4.69) is 15.3 Å². The minimum Gasteiger partial charge on any atom is -0.441 e. The Morgan fingerprint density at radius 1 is 1.20 bits per heavy atom. The number of pyridine rings is 1. The number of anilines is 1. The standard InChI is InChI=1S/C22H24F2N4O2/c1-14-25-12-19(30-14)16-3-4-17-11-26-20(10-18(17)9-16)27-21(29)15-5-7-28(8-6-15)13-22(2,23)24/h3-4,9-12,15H,5-8,13H2,1-2H3,(H,26,27,29). The second-order valence-corrected chi connectivity index (χ2v) is 7.98. The number of aromatic nitrogens is 2. The van der Waals surface area contributed by atoms with Crippen molar-refractivity contribution in [3.05, 3.63) is 42.5 Å². The van der Waals surface area contributed by atoms with Crippen LogP contribution >= 0.6 is 0 Å². The summed E-state index contributed by atoms with van der Waals surface area (Å²) in [6.45, 7) is 3.44. The Morgan fingerprint density at radius 3 is 2.63 bits per heavy atom. The molecule has 0 atom stereocenters. The number of aryl methyl sites for hydroxylation is 1. The van der Waals surface area contributed by atoms with Crippen LogP contribution in [0.5, 0.6) is 0 Å². The lowest BCUT2D eigenvalue weighted by molar-refractivity contribution is -0.121. The van der Waals surface area contributed by atoms with E-state index in [-0.39, 0.29) is 18.4 Å². The molecule has 0 unspecified atom stereocenters. The van der Waals surface area contributed by atoms with Crippen molar-refractivity contribution in [3.8, 4) is 11.3 Å². The molecule has 8 heteroatoms. The number of carbonyl (C=O) groups is 1. The fourth-order valence-electron chi connectivity index (χ4n) is 3.83. The Morgan fingerprint density at radius 2 is 1.97 bits per heavy atom. The first kappa shape index (κ1) is 20.4. The number of alkyl halides is 2. The van der Waals surface area contributed by atoms with Crippen LogP contribution in [0, 0.1) is 12.8 Å². The van der Waals surface area contributed by atoms with Crippen molar-refractivity contribution in [3.63, 3.8) is 0 Å². The summed E-state index contributed by atoms with van der Waals surface area (Å²) in [5.74, 6) is -1.28. The predicted octanol–water partition coefficient (Wildman–Crippen LogP) is 4.50. The molecule has 1 N–H and O–H groups in total. The quantitative estimate of drug-likeness (QED) is 0.665. The molecule has 3 aromatic rings. The summed E-state index contributed by atoms with van der Waals surface area (Å²) in [6, 6.07) is 7.68. The Kier molecular flexibility index (Phi) is 5.51. The Hall–Kier alpha value is -2.87. The number of nitrogens with one attached hydrogen (secondary N) is 1. The van der Waals surface area contributed by atoms with Crippen molar-refractivity contribution >= 4 is 22.5 Å². The Balaban J connectivity index is 1.43. The molecule has 1 amide bonds. The van der Waals surface area contributed by atoms with Gasteiger partial charge in [0, 0.05) is 36.9 Å². The van der Waals surface area contributed by atoms with Gasteiger partial charge in [0.05, 0.1) is 12.7 Å². The number of likely N-dealkylation sites (tertiary alicyclic amines) is 1. The van der Waals surface area contributed by atoms with Crippen molar-refractivity contribution in [2.24, 2.45) is 5.92 Å². The van der Waals surface area contributed by atoms with E-state index in [0.717, 1.165) is 23.3 Å². The zero-order chi connectivity index (χ0) is 21.3.